The van der Waals surface area contributed by atoms with Gasteiger partial charge in [0.15, 0.2) is 0 Å². The van der Waals surface area contributed by atoms with E-state index in [4.69, 9.17) is 9.83 Å². The summed E-state index contributed by atoms with van der Waals surface area (Å²) in [7, 11) is 0. The van der Waals surface area contributed by atoms with E-state index in [9.17, 15) is 13.6 Å². The number of carbonyl (C=O) groups excluding carboxylic acids is 1. The van der Waals surface area contributed by atoms with Gasteiger partial charge in [-0.25, -0.2) is 8.78 Å². The number of amides is 1. The first-order valence-electron chi connectivity index (χ1n) is 12.6. The molecule has 5 nitrogen and oxygen atoms in total. The standard InChI is InChI=1S/C25H39F2N3O2/c1-16-10-22(27)6-7-23(16)19-11-18(15-30-8-9-32-25(30)28)12-20(13-19)24(31)29-14-17-2-4-21(26)5-3-17/h8-9,16-23,28H,2-7,10-15H2,1H3,(H,29,31). The first-order valence-corrected chi connectivity index (χ1v) is 12.6. The minimum atomic E-state index is -0.688. The molecule has 1 heterocycles. The van der Waals surface area contributed by atoms with Crippen molar-refractivity contribution in [1.82, 2.24) is 9.88 Å². The number of rotatable bonds is 6. The van der Waals surface area contributed by atoms with Crippen molar-refractivity contribution in [2.24, 2.45) is 35.5 Å². The maximum absolute atomic E-state index is 13.9. The van der Waals surface area contributed by atoms with Crippen LogP contribution >= 0.6 is 0 Å². The smallest absolute Gasteiger partial charge is 0.293 e. The second-order valence-electron chi connectivity index (χ2n) is 10.8. The summed E-state index contributed by atoms with van der Waals surface area (Å²) >= 11 is 0. The van der Waals surface area contributed by atoms with Gasteiger partial charge in [-0.2, -0.15) is 0 Å². The van der Waals surface area contributed by atoms with E-state index < -0.39 is 12.3 Å². The molecule has 0 bridgehead atoms. The highest BCUT2D eigenvalue weighted by Crippen LogP contribution is 2.45. The van der Waals surface area contributed by atoms with E-state index >= 15 is 0 Å². The van der Waals surface area contributed by atoms with Gasteiger partial charge in [-0.15, -0.1) is 0 Å². The molecule has 1 aromatic rings. The van der Waals surface area contributed by atoms with E-state index in [1.807, 2.05) is 4.57 Å². The van der Waals surface area contributed by atoms with Gasteiger partial charge in [0, 0.05) is 25.2 Å². The van der Waals surface area contributed by atoms with Crippen molar-refractivity contribution in [2.45, 2.75) is 90.0 Å². The highest BCUT2D eigenvalue weighted by Gasteiger charge is 2.40. The number of alkyl halides is 2. The molecule has 0 spiro atoms. The van der Waals surface area contributed by atoms with Crippen molar-refractivity contribution in [1.29, 1.82) is 5.41 Å². The van der Waals surface area contributed by atoms with Crippen LogP contribution in [0.25, 0.3) is 0 Å². The van der Waals surface area contributed by atoms with Gasteiger partial charge in [-0.05, 0) is 93.8 Å². The third-order valence-corrected chi connectivity index (χ3v) is 8.47. The zero-order valence-electron chi connectivity index (χ0n) is 19.3. The number of hydrogen-bond donors (Lipinski definition) is 2. The molecule has 3 aliphatic carbocycles. The predicted octanol–water partition coefficient (Wildman–Crippen LogP) is 5.01. The number of oxazole rings is 1. The molecule has 7 heteroatoms. The van der Waals surface area contributed by atoms with E-state index in [1.54, 1.807) is 6.20 Å². The molecule has 6 atom stereocenters. The van der Waals surface area contributed by atoms with E-state index in [1.165, 1.54) is 6.26 Å². The van der Waals surface area contributed by atoms with Gasteiger partial charge in [-0.3, -0.25) is 14.8 Å². The first-order chi connectivity index (χ1) is 15.4. The van der Waals surface area contributed by atoms with E-state index in [2.05, 4.69) is 12.2 Å². The van der Waals surface area contributed by atoms with Gasteiger partial charge in [0.2, 0.25) is 5.91 Å². The van der Waals surface area contributed by atoms with Crippen LogP contribution in [-0.2, 0) is 11.3 Å². The molecule has 0 aromatic carbocycles. The highest BCUT2D eigenvalue weighted by molar-refractivity contribution is 5.78. The van der Waals surface area contributed by atoms with Crippen LogP contribution in [0.5, 0.6) is 0 Å². The largest absolute Gasteiger partial charge is 0.432 e. The summed E-state index contributed by atoms with van der Waals surface area (Å²) in [4.78, 5) is 13.2. The van der Waals surface area contributed by atoms with Gasteiger partial charge in [0.25, 0.3) is 5.68 Å². The Bertz CT molecular complexity index is 801. The second-order valence-corrected chi connectivity index (χ2v) is 10.8. The highest BCUT2D eigenvalue weighted by atomic mass is 19.1. The van der Waals surface area contributed by atoms with Crippen molar-refractivity contribution < 1.29 is 18.0 Å². The van der Waals surface area contributed by atoms with E-state index in [-0.39, 0.29) is 17.5 Å². The Kier molecular flexibility index (Phi) is 7.72. The van der Waals surface area contributed by atoms with Crippen LogP contribution < -0.4 is 11.0 Å². The molecule has 2 N–H and O–H groups in total. The Morgan fingerprint density at radius 2 is 1.81 bits per heavy atom. The Balaban J connectivity index is 1.40. The number of hydrogen-bond acceptors (Lipinski definition) is 3. The molecule has 1 amide bonds. The van der Waals surface area contributed by atoms with Gasteiger partial charge < -0.3 is 9.73 Å². The fraction of sp³-hybridized carbons (Fsp3) is 0.840. The molecule has 6 unspecified atom stereocenters. The Labute approximate surface area is 189 Å². The molecule has 0 aliphatic heterocycles. The summed E-state index contributed by atoms with van der Waals surface area (Å²) < 4.78 is 34.3. The van der Waals surface area contributed by atoms with E-state index in [0.29, 0.717) is 68.4 Å². The third-order valence-electron chi connectivity index (χ3n) is 8.47. The summed E-state index contributed by atoms with van der Waals surface area (Å²) in [6, 6.07) is 0. The van der Waals surface area contributed by atoms with Crippen LogP contribution in [0.15, 0.2) is 16.9 Å². The summed E-state index contributed by atoms with van der Waals surface area (Å²) in [5.41, 5.74) is 0.142. The lowest BCUT2D eigenvalue weighted by atomic mass is 9.63. The van der Waals surface area contributed by atoms with Crippen molar-refractivity contribution in [3.8, 4) is 0 Å². The lowest BCUT2D eigenvalue weighted by Gasteiger charge is -2.43. The summed E-state index contributed by atoms with van der Waals surface area (Å²) in [6.45, 7) is 3.50. The van der Waals surface area contributed by atoms with Crippen LogP contribution in [0.4, 0.5) is 8.78 Å². The van der Waals surface area contributed by atoms with Crippen LogP contribution in [0.1, 0.15) is 71.1 Å². The lowest BCUT2D eigenvalue weighted by Crippen LogP contribution is -2.42. The van der Waals surface area contributed by atoms with Crippen LogP contribution in [0.3, 0.4) is 0 Å². The molecular weight excluding hydrogens is 412 g/mol. The van der Waals surface area contributed by atoms with Gasteiger partial charge in [0.05, 0.1) is 0 Å². The fourth-order valence-electron chi connectivity index (χ4n) is 6.69. The minimum absolute atomic E-state index is 0.0479. The van der Waals surface area contributed by atoms with Gasteiger partial charge in [-0.1, -0.05) is 6.92 Å². The van der Waals surface area contributed by atoms with Crippen molar-refractivity contribution in [3.63, 3.8) is 0 Å². The number of nitrogens with zero attached hydrogens (tertiary/aromatic N) is 1. The zero-order valence-corrected chi connectivity index (χ0v) is 19.3. The number of nitrogens with one attached hydrogen (secondary N) is 2. The number of carbonyl (C=O) groups is 1. The average molecular weight is 452 g/mol. The summed E-state index contributed by atoms with van der Waals surface area (Å²) in [6.07, 6.45) is 9.76. The Morgan fingerprint density at radius 1 is 1.06 bits per heavy atom. The Morgan fingerprint density at radius 3 is 2.50 bits per heavy atom. The van der Waals surface area contributed by atoms with Crippen molar-refractivity contribution in [3.05, 3.63) is 18.1 Å². The molecular formula is C25H39F2N3O2. The molecule has 3 aliphatic rings. The van der Waals surface area contributed by atoms with Gasteiger partial charge >= 0.3 is 0 Å². The second kappa shape index (κ2) is 10.5. The lowest BCUT2D eigenvalue weighted by molar-refractivity contribution is -0.128. The molecule has 1 aromatic heterocycles. The van der Waals surface area contributed by atoms with Crippen molar-refractivity contribution in [2.75, 3.05) is 6.54 Å². The molecule has 0 radical (unpaired) electrons. The Hall–Kier alpha value is -1.66. The minimum Gasteiger partial charge on any atom is -0.432 e. The fourth-order valence-corrected chi connectivity index (χ4v) is 6.69. The topological polar surface area (TPSA) is 71.0 Å². The molecule has 4 rings (SSSR count). The monoisotopic (exact) mass is 451 g/mol. The SMILES string of the molecule is CC1CC(F)CCC1C1CC(Cn2ccoc2=N)CC(C(=O)NCC2CCC(F)CC2)C1. The zero-order chi connectivity index (χ0) is 22.7. The van der Waals surface area contributed by atoms with E-state index in [0.717, 1.165) is 38.5 Å². The number of aromatic nitrogens is 1. The van der Waals surface area contributed by atoms with Crippen LogP contribution in [0, 0.1) is 40.9 Å². The molecule has 32 heavy (non-hydrogen) atoms. The molecule has 3 fully saturated rings. The maximum atomic E-state index is 13.9. The van der Waals surface area contributed by atoms with Gasteiger partial charge in [0.1, 0.15) is 18.6 Å². The normalized spacial score (nSPS) is 38.3. The average Bonchev–Trinajstić information content (AvgIpc) is 3.17. The van der Waals surface area contributed by atoms with Crippen LogP contribution in [0.2, 0.25) is 0 Å². The number of halogens is 2. The van der Waals surface area contributed by atoms with Crippen molar-refractivity contribution >= 4 is 5.91 Å². The van der Waals surface area contributed by atoms with Crippen LogP contribution in [-0.4, -0.2) is 29.4 Å². The quantitative estimate of drug-likeness (QED) is 0.638. The maximum Gasteiger partial charge on any atom is 0.293 e. The summed E-state index contributed by atoms with van der Waals surface area (Å²) in [5, 5.41) is 11.1. The molecule has 0 saturated heterocycles. The third kappa shape index (κ3) is 5.82. The predicted molar refractivity (Wildman–Crippen MR) is 118 cm³/mol. The molecule has 3 saturated carbocycles. The first kappa shape index (κ1) is 23.5. The molecule has 180 valence electrons. The summed E-state index contributed by atoms with van der Waals surface area (Å²) in [5.74, 6) is 1.98.